The van der Waals surface area contributed by atoms with E-state index in [1.54, 1.807) is 12.1 Å². The van der Waals surface area contributed by atoms with E-state index in [-0.39, 0.29) is 0 Å². The minimum atomic E-state index is -3.15. The van der Waals surface area contributed by atoms with Crippen LogP contribution in [0, 0.1) is 6.92 Å². The lowest BCUT2D eigenvalue weighted by Crippen LogP contribution is -2.38. The van der Waals surface area contributed by atoms with Gasteiger partial charge in [0.15, 0.2) is 15.8 Å². The van der Waals surface area contributed by atoms with Crippen molar-refractivity contribution in [3.05, 3.63) is 65.2 Å². The van der Waals surface area contributed by atoms with Crippen LogP contribution >= 0.6 is 0 Å². The summed E-state index contributed by atoms with van der Waals surface area (Å²) in [4.78, 5) is 5.06. The van der Waals surface area contributed by atoms with Crippen molar-refractivity contribution in [2.45, 2.75) is 38.0 Å². The molecule has 2 aromatic rings. The number of guanidine groups is 1. The molecule has 1 unspecified atom stereocenters. The Morgan fingerprint density at radius 1 is 1.04 bits per heavy atom. The normalized spacial score (nSPS) is 13.2. The van der Waals surface area contributed by atoms with Gasteiger partial charge in [0, 0.05) is 31.8 Å². The second-order valence-corrected chi connectivity index (χ2v) is 9.14. The quantitative estimate of drug-likeness (QED) is 0.526. The van der Waals surface area contributed by atoms with E-state index in [1.807, 2.05) is 19.1 Å². The Morgan fingerprint density at radius 3 is 2.25 bits per heavy atom. The smallest absolute Gasteiger partial charge is 0.191 e. The lowest BCUT2D eigenvalue weighted by Gasteiger charge is -2.14. The fraction of sp³-hybridized carbons (Fsp3) is 0.409. The summed E-state index contributed by atoms with van der Waals surface area (Å²) in [5.74, 6) is 1.15. The first-order valence-corrected chi connectivity index (χ1v) is 11.6. The predicted octanol–water partition coefficient (Wildman–Crippen LogP) is 3.30. The number of hydrogen-bond acceptors (Lipinski definition) is 3. The summed E-state index contributed by atoms with van der Waals surface area (Å²) < 4.78 is 23.1. The summed E-state index contributed by atoms with van der Waals surface area (Å²) in [5.41, 5.74) is 3.64. The largest absolute Gasteiger partial charge is 0.357 e. The second-order valence-electron chi connectivity index (χ2n) is 7.12. The zero-order valence-corrected chi connectivity index (χ0v) is 18.0. The number of aliphatic imine (C=N–C) groups is 1. The molecule has 6 heteroatoms. The first-order valence-electron chi connectivity index (χ1n) is 9.67. The minimum absolute atomic E-state index is 0.347. The van der Waals surface area contributed by atoms with Crippen LogP contribution in [0.25, 0.3) is 0 Å². The molecule has 5 nitrogen and oxygen atoms in total. The zero-order valence-electron chi connectivity index (χ0n) is 17.2. The lowest BCUT2D eigenvalue weighted by atomic mass is 10.0. The van der Waals surface area contributed by atoms with Crippen molar-refractivity contribution in [2.24, 2.45) is 4.99 Å². The maximum atomic E-state index is 11.5. The number of aryl methyl sites for hydroxylation is 1. The van der Waals surface area contributed by atoms with Gasteiger partial charge >= 0.3 is 0 Å². The van der Waals surface area contributed by atoms with Crippen molar-refractivity contribution < 1.29 is 8.42 Å². The molecule has 0 bridgehead atoms. The van der Waals surface area contributed by atoms with Gasteiger partial charge < -0.3 is 10.6 Å². The Hall–Kier alpha value is -2.34. The molecule has 2 rings (SSSR count). The van der Waals surface area contributed by atoms with E-state index >= 15 is 0 Å². The maximum absolute atomic E-state index is 11.5. The molecular weight excluding hydrogens is 370 g/mol. The highest BCUT2D eigenvalue weighted by Gasteiger charge is 2.07. The first-order chi connectivity index (χ1) is 13.3. The number of sulfone groups is 1. The second kappa shape index (κ2) is 10.3. The molecule has 2 aromatic carbocycles. The lowest BCUT2D eigenvalue weighted by molar-refractivity contribution is 0.602. The Balaban J connectivity index is 1.89. The van der Waals surface area contributed by atoms with Crippen LogP contribution in [-0.4, -0.2) is 40.3 Å². The molecule has 0 saturated carbocycles. The molecule has 28 heavy (non-hydrogen) atoms. The van der Waals surface area contributed by atoms with Gasteiger partial charge in [0.1, 0.15) is 0 Å². The van der Waals surface area contributed by atoms with E-state index in [4.69, 9.17) is 4.99 Å². The predicted molar refractivity (Wildman–Crippen MR) is 117 cm³/mol. The van der Waals surface area contributed by atoms with E-state index in [0.717, 1.165) is 31.0 Å². The molecule has 0 aliphatic rings. The fourth-order valence-corrected chi connectivity index (χ4v) is 3.43. The Bertz CT molecular complexity index is 873. The summed E-state index contributed by atoms with van der Waals surface area (Å²) in [5, 5.41) is 6.62. The summed E-state index contributed by atoms with van der Waals surface area (Å²) in [6, 6.07) is 15.6. The van der Waals surface area contributed by atoms with Gasteiger partial charge in [-0.15, -0.1) is 0 Å². The number of nitrogens with zero attached hydrogens (tertiary/aromatic N) is 1. The molecular formula is C22H31N3O2S. The molecule has 0 aliphatic carbocycles. The van der Waals surface area contributed by atoms with Crippen LogP contribution in [0.5, 0.6) is 0 Å². The van der Waals surface area contributed by atoms with Gasteiger partial charge in [-0.25, -0.2) is 8.42 Å². The summed E-state index contributed by atoms with van der Waals surface area (Å²) in [6.45, 7) is 8.55. The maximum Gasteiger partial charge on any atom is 0.191 e. The first kappa shape index (κ1) is 22.0. The van der Waals surface area contributed by atoms with Gasteiger partial charge in [0.25, 0.3) is 0 Å². The van der Waals surface area contributed by atoms with Crippen LogP contribution < -0.4 is 10.6 Å². The van der Waals surface area contributed by atoms with Crippen molar-refractivity contribution in [1.29, 1.82) is 0 Å². The number of rotatable bonds is 8. The Labute approximate surface area is 169 Å². The average molecular weight is 402 g/mol. The fourth-order valence-electron chi connectivity index (χ4n) is 2.80. The summed E-state index contributed by atoms with van der Waals surface area (Å²) >= 11 is 0. The SMILES string of the molecule is CCNC(=NCC(C)c1ccc(C)cc1)NCCc1ccc(S(C)(=O)=O)cc1. The molecule has 0 saturated heterocycles. The number of hydrogen-bond donors (Lipinski definition) is 2. The molecule has 0 radical (unpaired) electrons. The third kappa shape index (κ3) is 7.00. The summed E-state index contributed by atoms with van der Waals surface area (Å²) in [7, 11) is -3.15. The van der Waals surface area contributed by atoms with Crippen LogP contribution in [0.1, 0.15) is 36.5 Å². The monoisotopic (exact) mass is 401 g/mol. The van der Waals surface area contributed by atoms with Gasteiger partial charge in [-0.3, -0.25) is 4.99 Å². The molecule has 152 valence electrons. The van der Waals surface area contributed by atoms with E-state index in [0.29, 0.717) is 17.4 Å². The van der Waals surface area contributed by atoms with Crippen LogP contribution in [0.4, 0.5) is 0 Å². The molecule has 0 spiro atoms. The Morgan fingerprint density at radius 2 is 1.68 bits per heavy atom. The van der Waals surface area contributed by atoms with Gasteiger partial charge in [-0.1, -0.05) is 48.9 Å². The standard InChI is InChI=1S/C22H31N3O2S/c1-5-23-22(25-16-18(3)20-10-6-17(2)7-11-20)24-15-14-19-8-12-21(13-9-19)28(4,26)27/h6-13,18H,5,14-16H2,1-4H3,(H2,23,24,25). The van der Waals surface area contributed by atoms with Crippen LogP contribution in [-0.2, 0) is 16.3 Å². The Kier molecular flexibility index (Phi) is 8.05. The molecule has 0 fully saturated rings. The van der Waals surface area contributed by atoms with Crippen molar-refractivity contribution in [2.75, 3.05) is 25.9 Å². The third-order valence-corrected chi connectivity index (χ3v) is 5.70. The van der Waals surface area contributed by atoms with Crippen LogP contribution in [0.15, 0.2) is 58.4 Å². The van der Waals surface area contributed by atoms with Crippen molar-refractivity contribution in [1.82, 2.24) is 10.6 Å². The van der Waals surface area contributed by atoms with Gasteiger partial charge in [-0.2, -0.15) is 0 Å². The number of benzene rings is 2. The highest BCUT2D eigenvalue weighted by molar-refractivity contribution is 7.90. The van der Waals surface area contributed by atoms with Gasteiger partial charge in [0.05, 0.1) is 4.90 Å². The van der Waals surface area contributed by atoms with E-state index in [1.165, 1.54) is 17.4 Å². The minimum Gasteiger partial charge on any atom is -0.357 e. The van der Waals surface area contributed by atoms with Gasteiger partial charge in [0.2, 0.25) is 0 Å². The average Bonchev–Trinajstić information content (AvgIpc) is 2.66. The van der Waals surface area contributed by atoms with E-state index in [2.05, 4.69) is 48.7 Å². The molecule has 0 aliphatic heterocycles. The topological polar surface area (TPSA) is 70.6 Å². The van der Waals surface area contributed by atoms with Crippen LogP contribution in [0.2, 0.25) is 0 Å². The molecule has 0 heterocycles. The van der Waals surface area contributed by atoms with E-state index in [9.17, 15) is 8.42 Å². The van der Waals surface area contributed by atoms with E-state index < -0.39 is 9.84 Å². The summed E-state index contributed by atoms with van der Waals surface area (Å²) in [6.07, 6.45) is 2.02. The van der Waals surface area contributed by atoms with Crippen molar-refractivity contribution in [3.8, 4) is 0 Å². The molecule has 0 amide bonds. The van der Waals surface area contributed by atoms with Crippen molar-refractivity contribution in [3.63, 3.8) is 0 Å². The molecule has 1 atom stereocenters. The number of nitrogens with one attached hydrogen (secondary N) is 2. The highest BCUT2D eigenvalue weighted by atomic mass is 32.2. The van der Waals surface area contributed by atoms with Crippen LogP contribution in [0.3, 0.4) is 0 Å². The zero-order chi connectivity index (χ0) is 20.6. The molecule has 2 N–H and O–H groups in total. The highest BCUT2D eigenvalue weighted by Crippen LogP contribution is 2.16. The third-order valence-electron chi connectivity index (χ3n) is 4.57. The molecule has 0 aromatic heterocycles. The van der Waals surface area contributed by atoms with Crippen molar-refractivity contribution >= 4 is 15.8 Å². The van der Waals surface area contributed by atoms with Gasteiger partial charge in [-0.05, 0) is 43.5 Å².